The van der Waals surface area contributed by atoms with Crippen molar-refractivity contribution in [2.75, 3.05) is 19.8 Å². The number of aryl methyl sites for hydroxylation is 1. The summed E-state index contributed by atoms with van der Waals surface area (Å²) < 4.78 is 25.8. The van der Waals surface area contributed by atoms with Crippen molar-refractivity contribution in [1.82, 2.24) is 15.0 Å². The standard InChI is InChI=1S/C29H35N3O4Si/c1-4-34-37(35-5-2,36-6-3)18-8-17-32-19-26(30-31-32)21-33-20-25-14-13-24-12-11-22-9-7-10-23-15-16-27(25)29(24)28(22)23/h7,9-16,19H,4-6,8,17-18,20-21H2,1-3H3. The maximum Gasteiger partial charge on any atom is 0.500 e. The van der Waals surface area contributed by atoms with Crippen molar-refractivity contribution in [2.45, 2.75) is 53.0 Å². The Bertz CT molecular complexity index is 1420. The quantitative estimate of drug-likeness (QED) is 0.127. The summed E-state index contributed by atoms with van der Waals surface area (Å²) in [4.78, 5) is 0. The predicted octanol–water partition coefficient (Wildman–Crippen LogP) is 6.33. The van der Waals surface area contributed by atoms with Gasteiger partial charge >= 0.3 is 8.80 Å². The zero-order valence-electron chi connectivity index (χ0n) is 21.9. The highest BCUT2D eigenvalue weighted by Crippen LogP contribution is 2.36. The number of benzene rings is 4. The molecule has 7 nitrogen and oxygen atoms in total. The molecule has 0 N–H and O–H groups in total. The molecule has 0 aliphatic rings. The molecule has 0 amide bonds. The Hall–Kier alpha value is -2.88. The third-order valence-corrected chi connectivity index (χ3v) is 9.83. The summed E-state index contributed by atoms with van der Waals surface area (Å²) in [6.07, 6.45) is 2.80. The minimum Gasteiger partial charge on any atom is -0.374 e. The fraction of sp³-hybridized carbons (Fsp3) is 0.379. The van der Waals surface area contributed by atoms with Gasteiger partial charge in [0.05, 0.1) is 19.4 Å². The van der Waals surface area contributed by atoms with Gasteiger partial charge in [-0.3, -0.25) is 4.68 Å². The van der Waals surface area contributed by atoms with Gasteiger partial charge in [0, 0.05) is 32.4 Å². The fourth-order valence-corrected chi connectivity index (χ4v) is 7.75. The second-order valence-corrected chi connectivity index (χ2v) is 11.9. The first-order valence-corrected chi connectivity index (χ1v) is 15.1. The van der Waals surface area contributed by atoms with Crippen LogP contribution in [0.2, 0.25) is 6.04 Å². The van der Waals surface area contributed by atoms with Gasteiger partial charge in [-0.15, -0.1) is 5.10 Å². The number of nitrogens with zero attached hydrogens (tertiary/aromatic N) is 3. The van der Waals surface area contributed by atoms with Gasteiger partial charge in [0.25, 0.3) is 0 Å². The minimum absolute atomic E-state index is 0.414. The lowest BCUT2D eigenvalue weighted by Crippen LogP contribution is -2.46. The van der Waals surface area contributed by atoms with Crippen LogP contribution in [0, 0.1) is 0 Å². The lowest BCUT2D eigenvalue weighted by molar-refractivity contribution is 0.0704. The van der Waals surface area contributed by atoms with Gasteiger partial charge in [-0.1, -0.05) is 59.8 Å². The third kappa shape index (κ3) is 5.53. The summed E-state index contributed by atoms with van der Waals surface area (Å²) in [6.45, 7) is 9.35. The van der Waals surface area contributed by atoms with Crippen LogP contribution in [0.4, 0.5) is 0 Å². The van der Waals surface area contributed by atoms with Crippen molar-refractivity contribution in [1.29, 1.82) is 0 Å². The first kappa shape index (κ1) is 25.8. The molecule has 0 atom stereocenters. The molecule has 0 saturated heterocycles. The van der Waals surface area contributed by atoms with Crippen molar-refractivity contribution < 1.29 is 18.0 Å². The second-order valence-electron chi connectivity index (χ2n) is 9.13. The van der Waals surface area contributed by atoms with E-state index in [-0.39, 0.29) is 0 Å². The maximum atomic E-state index is 6.09. The lowest BCUT2D eigenvalue weighted by Gasteiger charge is -2.28. The van der Waals surface area contributed by atoms with E-state index in [1.807, 2.05) is 31.6 Å². The number of ether oxygens (including phenoxy) is 1. The number of hydrogen-bond acceptors (Lipinski definition) is 6. The van der Waals surface area contributed by atoms with Crippen LogP contribution < -0.4 is 0 Å². The Balaban J connectivity index is 1.20. The molecule has 0 aliphatic carbocycles. The molecule has 0 saturated carbocycles. The normalized spacial score (nSPS) is 12.4. The highest BCUT2D eigenvalue weighted by atomic mass is 28.4. The molecule has 4 aromatic carbocycles. The monoisotopic (exact) mass is 517 g/mol. The van der Waals surface area contributed by atoms with Gasteiger partial charge in [0.15, 0.2) is 0 Å². The average molecular weight is 518 g/mol. The van der Waals surface area contributed by atoms with E-state index in [9.17, 15) is 0 Å². The van der Waals surface area contributed by atoms with Crippen LogP contribution in [0.3, 0.4) is 0 Å². The Morgan fingerprint density at radius 3 is 2.11 bits per heavy atom. The first-order chi connectivity index (χ1) is 18.2. The van der Waals surface area contributed by atoms with E-state index in [1.165, 1.54) is 37.9 Å². The third-order valence-electron chi connectivity index (χ3n) is 6.68. The van der Waals surface area contributed by atoms with E-state index < -0.39 is 8.80 Å². The SMILES string of the molecule is CCO[Si](CCCn1cc(COCc2ccc3ccc4cccc5ccc2c3c45)nn1)(OCC)OCC. The molecule has 5 aromatic rings. The van der Waals surface area contributed by atoms with E-state index in [4.69, 9.17) is 18.0 Å². The molecule has 194 valence electrons. The molecule has 1 heterocycles. The zero-order chi connectivity index (χ0) is 25.7. The van der Waals surface area contributed by atoms with Gasteiger partial charge in [-0.25, -0.2) is 0 Å². The van der Waals surface area contributed by atoms with Gasteiger partial charge in [0.1, 0.15) is 5.69 Å². The molecule has 1 aromatic heterocycles. The molecule has 0 radical (unpaired) electrons. The number of rotatable bonds is 14. The minimum atomic E-state index is -2.63. The van der Waals surface area contributed by atoms with E-state index in [2.05, 4.69) is 64.9 Å². The molecule has 0 unspecified atom stereocenters. The molecule has 0 fully saturated rings. The molecule has 0 bridgehead atoms. The van der Waals surface area contributed by atoms with Crippen LogP contribution in [-0.2, 0) is 37.8 Å². The maximum absolute atomic E-state index is 6.09. The summed E-state index contributed by atoms with van der Waals surface area (Å²) in [5.74, 6) is 0. The predicted molar refractivity (Wildman–Crippen MR) is 149 cm³/mol. The van der Waals surface area contributed by atoms with Gasteiger partial charge in [-0.05, 0) is 65.1 Å². The van der Waals surface area contributed by atoms with E-state index in [0.29, 0.717) is 33.0 Å². The van der Waals surface area contributed by atoms with E-state index in [1.54, 1.807) is 0 Å². The van der Waals surface area contributed by atoms with Crippen LogP contribution in [0.15, 0.2) is 60.8 Å². The van der Waals surface area contributed by atoms with E-state index >= 15 is 0 Å². The molecule has 0 spiro atoms. The summed E-state index contributed by atoms with van der Waals surface area (Å²) >= 11 is 0. The highest BCUT2D eigenvalue weighted by molar-refractivity contribution is 6.60. The lowest BCUT2D eigenvalue weighted by atomic mass is 9.92. The van der Waals surface area contributed by atoms with Crippen LogP contribution in [0.1, 0.15) is 38.4 Å². The van der Waals surface area contributed by atoms with Crippen molar-refractivity contribution in [3.63, 3.8) is 0 Å². The number of aromatic nitrogens is 3. The van der Waals surface area contributed by atoms with Crippen LogP contribution >= 0.6 is 0 Å². The molecule has 37 heavy (non-hydrogen) atoms. The topological polar surface area (TPSA) is 67.6 Å². The Labute approximate surface area is 219 Å². The summed E-state index contributed by atoms with van der Waals surface area (Å²) in [6, 6.07) is 20.4. The molecule has 0 aliphatic heterocycles. The molecular weight excluding hydrogens is 482 g/mol. The smallest absolute Gasteiger partial charge is 0.374 e. The van der Waals surface area contributed by atoms with Crippen LogP contribution in [0.25, 0.3) is 32.3 Å². The summed E-state index contributed by atoms with van der Waals surface area (Å²) in [5.41, 5.74) is 2.00. The molecule has 5 rings (SSSR count). The van der Waals surface area contributed by atoms with Gasteiger partial charge < -0.3 is 18.0 Å². The van der Waals surface area contributed by atoms with Crippen molar-refractivity contribution >= 4 is 41.1 Å². The molecule has 8 heteroatoms. The Morgan fingerprint density at radius 1 is 0.757 bits per heavy atom. The fourth-order valence-electron chi connectivity index (χ4n) is 5.16. The second kappa shape index (κ2) is 11.7. The van der Waals surface area contributed by atoms with Crippen molar-refractivity contribution in [3.05, 3.63) is 72.1 Å². The van der Waals surface area contributed by atoms with E-state index in [0.717, 1.165) is 24.7 Å². The summed E-state index contributed by atoms with van der Waals surface area (Å²) in [5, 5.41) is 16.3. The number of hydrogen-bond donors (Lipinski definition) is 0. The van der Waals surface area contributed by atoms with Gasteiger partial charge in [0.2, 0.25) is 0 Å². The first-order valence-electron chi connectivity index (χ1n) is 13.2. The Kier molecular flexibility index (Phi) is 8.12. The van der Waals surface area contributed by atoms with Crippen molar-refractivity contribution in [2.24, 2.45) is 0 Å². The van der Waals surface area contributed by atoms with Crippen molar-refractivity contribution in [3.8, 4) is 0 Å². The largest absolute Gasteiger partial charge is 0.500 e. The Morgan fingerprint density at radius 2 is 1.41 bits per heavy atom. The summed E-state index contributed by atoms with van der Waals surface area (Å²) in [7, 11) is -2.63. The van der Waals surface area contributed by atoms with Gasteiger partial charge in [-0.2, -0.15) is 0 Å². The van der Waals surface area contributed by atoms with Crippen LogP contribution in [-0.4, -0.2) is 43.6 Å². The molecular formula is C29H35N3O4Si. The van der Waals surface area contributed by atoms with Crippen LogP contribution in [0.5, 0.6) is 0 Å². The zero-order valence-corrected chi connectivity index (χ0v) is 22.9. The highest BCUT2D eigenvalue weighted by Gasteiger charge is 2.39. The average Bonchev–Trinajstić information content (AvgIpc) is 3.36.